The predicted molar refractivity (Wildman–Crippen MR) is 46.5 cm³/mol. The summed E-state index contributed by atoms with van der Waals surface area (Å²) in [4.78, 5) is 0. The Bertz CT molecular complexity index is 371. The van der Waals surface area contributed by atoms with Crippen molar-refractivity contribution in [3.05, 3.63) is 34.7 Å². The third-order valence-electron chi connectivity index (χ3n) is 1.82. The molecule has 0 aliphatic carbocycles. The van der Waals surface area contributed by atoms with Crippen molar-refractivity contribution in [2.75, 3.05) is 0 Å². The Morgan fingerprint density at radius 1 is 0.750 bits per heavy atom. The Hall–Kier alpha value is -2.26. The van der Waals surface area contributed by atoms with Gasteiger partial charge in [-0.05, 0) is 0 Å². The third kappa shape index (κ3) is 1.53. The van der Waals surface area contributed by atoms with Crippen molar-refractivity contribution >= 4 is 0 Å². The van der Waals surface area contributed by atoms with Gasteiger partial charge < -0.3 is 35.7 Å². The summed E-state index contributed by atoms with van der Waals surface area (Å²) in [6, 6.07) is 0. The van der Waals surface area contributed by atoms with E-state index in [-0.39, 0.29) is 0 Å². The Balaban J connectivity index is 3.52. The molecule has 0 aromatic heterocycles. The first kappa shape index (κ1) is 11.8. The van der Waals surface area contributed by atoms with E-state index in [0.29, 0.717) is 0 Å². The normalized spacial score (nSPS) is 23.6. The van der Waals surface area contributed by atoms with Crippen LogP contribution >= 0.6 is 0 Å². The summed E-state index contributed by atoms with van der Waals surface area (Å²) in [7, 11) is 0. The van der Waals surface area contributed by atoms with Crippen molar-refractivity contribution in [1.82, 2.24) is 5.06 Å². The van der Waals surface area contributed by atoms with Gasteiger partial charge in [0.05, 0.1) is 0 Å². The van der Waals surface area contributed by atoms with Gasteiger partial charge in [-0.1, -0.05) is 0 Å². The van der Waals surface area contributed by atoms with Gasteiger partial charge in [0.25, 0.3) is 5.88 Å². The highest BCUT2D eigenvalue weighted by molar-refractivity contribution is 5.34. The molecule has 0 saturated carbocycles. The zero-order chi connectivity index (χ0) is 12.6. The van der Waals surface area contributed by atoms with Gasteiger partial charge in [-0.2, -0.15) is 5.06 Å². The Labute approximate surface area is 87.9 Å². The molecule has 1 heterocycles. The molecule has 0 aromatic rings. The summed E-state index contributed by atoms with van der Waals surface area (Å²) in [5, 5.41) is 72.0. The van der Waals surface area contributed by atoms with Gasteiger partial charge in [-0.3, -0.25) is 5.21 Å². The number of hydroxylamine groups is 2. The van der Waals surface area contributed by atoms with Gasteiger partial charge in [0, 0.05) is 0 Å². The molecule has 90 valence electrons. The topological polar surface area (TPSA) is 165 Å². The Kier molecular flexibility index (Phi) is 2.74. The molecule has 1 aliphatic heterocycles. The van der Waals surface area contributed by atoms with Gasteiger partial charge in [0.15, 0.2) is 5.76 Å². The fraction of sp³-hybridized carbons (Fsp3) is 0.143. The number of hydrogen-bond acceptors (Lipinski definition) is 9. The molecule has 0 radical (unpaired) electrons. The van der Waals surface area contributed by atoms with Crippen LogP contribution < -0.4 is 0 Å². The van der Waals surface area contributed by atoms with E-state index in [1.165, 1.54) is 0 Å². The van der Waals surface area contributed by atoms with E-state index in [1.807, 2.05) is 0 Å². The van der Waals surface area contributed by atoms with Crippen molar-refractivity contribution in [3.63, 3.8) is 0 Å². The van der Waals surface area contributed by atoms with E-state index in [2.05, 4.69) is 0 Å². The van der Waals surface area contributed by atoms with Crippen LogP contribution in [0, 0.1) is 0 Å². The van der Waals surface area contributed by atoms with Crippen molar-refractivity contribution in [2.45, 2.75) is 6.23 Å². The van der Waals surface area contributed by atoms with E-state index in [1.54, 1.807) is 0 Å². The Morgan fingerprint density at radius 3 is 1.69 bits per heavy atom. The summed E-state index contributed by atoms with van der Waals surface area (Å²) < 4.78 is 0. The maximum Gasteiger partial charge on any atom is 0.261 e. The monoisotopic (exact) mass is 235 g/mol. The summed E-state index contributed by atoms with van der Waals surface area (Å²) in [6.45, 7) is 0. The standard InChI is InChI=1S/C7H9NO8/c9-1-2(10)4(12)6(14)8(16)7(15)5(13)3(1)11/h6,9-16H. The zero-order valence-electron chi connectivity index (χ0n) is 7.60. The molecule has 1 unspecified atom stereocenters. The smallest absolute Gasteiger partial charge is 0.261 e. The first-order valence-corrected chi connectivity index (χ1v) is 3.82. The lowest BCUT2D eigenvalue weighted by Crippen LogP contribution is -2.36. The molecular weight excluding hydrogens is 226 g/mol. The highest BCUT2D eigenvalue weighted by Gasteiger charge is 2.33. The third-order valence-corrected chi connectivity index (χ3v) is 1.82. The molecule has 1 rings (SSSR count). The minimum absolute atomic E-state index is 0.441. The second kappa shape index (κ2) is 3.72. The van der Waals surface area contributed by atoms with Crippen LogP contribution in [0.1, 0.15) is 0 Å². The van der Waals surface area contributed by atoms with Crippen LogP contribution in [0.25, 0.3) is 0 Å². The highest BCUT2D eigenvalue weighted by atomic mass is 16.6. The first-order valence-electron chi connectivity index (χ1n) is 3.82. The Morgan fingerprint density at radius 2 is 1.19 bits per heavy atom. The van der Waals surface area contributed by atoms with E-state index < -0.39 is 46.0 Å². The maximum atomic E-state index is 9.10. The van der Waals surface area contributed by atoms with E-state index in [9.17, 15) is 0 Å². The van der Waals surface area contributed by atoms with Gasteiger partial charge in [-0.15, -0.1) is 0 Å². The molecule has 0 amide bonds. The molecule has 0 fully saturated rings. The number of aliphatic hydroxyl groups excluding tert-OH is 7. The number of nitrogens with zero attached hydrogens (tertiary/aromatic N) is 1. The molecule has 0 spiro atoms. The molecule has 9 heteroatoms. The van der Waals surface area contributed by atoms with Crippen LogP contribution in [0.5, 0.6) is 0 Å². The highest BCUT2D eigenvalue weighted by Crippen LogP contribution is 2.24. The largest absolute Gasteiger partial charge is 0.505 e. The molecule has 0 saturated heterocycles. The minimum Gasteiger partial charge on any atom is -0.505 e. The van der Waals surface area contributed by atoms with Crippen molar-refractivity contribution in [1.29, 1.82) is 0 Å². The lowest BCUT2D eigenvalue weighted by molar-refractivity contribution is -0.192. The SMILES string of the molecule is OC1=C(O)C(O)=C(O)N(O)C(O)C(O)=C1O. The van der Waals surface area contributed by atoms with Crippen molar-refractivity contribution < 1.29 is 41.0 Å². The number of aliphatic hydroxyl groups is 7. The summed E-state index contributed by atoms with van der Waals surface area (Å²) in [5.74, 6) is -8.33. The van der Waals surface area contributed by atoms with Crippen LogP contribution in [0.4, 0.5) is 0 Å². The fourth-order valence-corrected chi connectivity index (χ4v) is 0.914. The van der Waals surface area contributed by atoms with Gasteiger partial charge in [0.1, 0.15) is 0 Å². The fourth-order valence-electron chi connectivity index (χ4n) is 0.914. The summed E-state index contributed by atoms with van der Waals surface area (Å²) in [5.41, 5.74) is 0. The van der Waals surface area contributed by atoms with Gasteiger partial charge >= 0.3 is 0 Å². The van der Waals surface area contributed by atoms with Crippen LogP contribution in [0.15, 0.2) is 34.7 Å². The molecule has 0 bridgehead atoms. The lowest BCUT2D eigenvalue weighted by atomic mass is 10.2. The summed E-state index contributed by atoms with van der Waals surface area (Å²) >= 11 is 0. The van der Waals surface area contributed by atoms with Crippen LogP contribution in [0.3, 0.4) is 0 Å². The molecule has 1 aliphatic rings. The quantitative estimate of drug-likeness (QED) is 0.287. The molecule has 9 nitrogen and oxygen atoms in total. The van der Waals surface area contributed by atoms with Crippen LogP contribution in [0.2, 0.25) is 0 Å². The first-order chi connectivity index (χ1) is 7.29. The minimum atomic E-state index is -2.34. The maximum absolute atomic E-state index is 9.10. The molecule has 16 heavy (non-hydrogen) atoms. The predicted octanol–water partition coefficient (Wildman–Crippen LogP) is -0.0501. The van der Waals surface area contributed by atoms with Crippen LogP contribution in [-0.4, -0.2) is 52.2 Å². The molecule has 0 aromatic carbocycles. The van der Waals surface area contributed by atoms with E-state index in [0.717, 1.165) is 0 Å². The molecule has 1 atom stereocenters. The molecule has 8 N–H and O–H groups in total. The summed E-state index contributed by atoms with van der Waals surface area (Å²) in [6.07, 6.45) is -2.34. The second-order valence-corrected chi connectivity index (χ2v) is 2.82. The van der Waals surface area contributed by atoms with Crippen molar-refractivity contribution in [2.24, 2.45) is 0 Å². The average Bonchev–Trinajstić information content (AvgIpc) is 2.30. The number of hydrogen-bond donors (Lipinski definition) is 8. The molecular formula is C7H9NO8. The lowest BCUT2D eigenvalue weighted by Gasteiger charge is -2.24. The second-order valence-electron chi connectivity index (χ2n) is 2.82. The number of rotatable bonds is 0. The zero-order valence-corrected chi connectivity index (χ0v) is 7.60. The van der Waals surface area contributed by atoms with Crippen LogP contribution in [-0.2, 0) is 0 Å². The van der Waals surface area contributed by atoms with Crippen molar-refractivity contribution in [3.8, 4) is 0 Å². The van der Waals surface area contributed by atoms with E-state index >= 15 is 0 Å². The average molecular weight is 235 g/mol. The van der Waals surface area contributed by atoms with Gasteiger partial charge in [0.2, 0.25) is 29.3 Å². The van der Waals surface area contributed by atoms with Gasteiger partial charge in [-0.25, -0.2) is 0 Å². The van der Waals surface area contributed by atoms with E-state index in [4.69, 9.17) is 41.0 Å².